The summed E-state index contributed by atoms with van der Waals surface area (Å²) in [5, 5.41) is 2.69. The molecule has 1 aliphatic heterocycles. The molecule has 1 unspecified atom stereocenters. The van der Waals surface area contributed by atoms with Gasteiger partial charge in [-0.25, -0.2) is 0 Å². The molecule has 120 valence electrons. The Hall–Kier alpha value is -1.92. The van der Waals surface area contributed by atoms with Crippen LogP contribution in [0.5, 0.6) is 0 Å². The third-order valence-electron chi connectivity index (χ3n) is 3.36. The Morgan fingerprint density at radius 1 is 1.23 bits per heavy atom. The number of carbonyl (C=O) groups is 3. The normalized spacial score (nSPS) is 14.4. The number of nitrogens with one attached hydrogen (secondary N) is 1. The van der Waals surface area contributed by atoms with Gasteiger partial charge in [0.05, 0.1) is 11.1 Å². The van der Waals surface area contributed by atoms with Crippen LogP contribution in [0.3, 0.4) is 0 Å². The first kappa shape index (κ1) is 18.1. The van der Waals surface area contributed by atoms with Gasteiger partial charge in [0.15, 0.2) is 0 Å². The number of carbonyl (C=O) groups excluding carboxylic acids is 3. The molecule has 1 aromatic carbocycles. The van der Waals surface area contributed by atoms with Crippen LogP contribution in [0.4, 0.5) is 0 Å². The minimum Gasteiger partial charge on any atom is -0.354 e. The van der Waals surface area contributed by atoms with Crippen LogP contribution < -0.4 is 11.1 Å². The summed E-state index contributed by atoms with van der Waals surface area (Å²) < 4.78 is 0. The zero-order valence-corrected chi connectivity index (χ0v) is 13.2. The Kier molecular flexibility index (Phi) is 6.52. The van der Waals surface area contributed by atoms with Crippen molar-refractivity contribution in [2.24, 2.45) is 5.73 Å². The number of nitrogens with zero attached hydrogens (tertiary/aromatic N) is 1. The fourth-order valence-corrected chi connectivity index (χ4v) is 2.20. The highest BCUT2D eigenvalue weighted by molar-refractivity contribution is 6.21. The van der Waals surface area contributed by atoms with E-state index in [2.05, 4.69) is 5.32 Å². The van der Waals surface area contributed by atoms with E-state index in [-0.39, 0.29) is 49.3 Å². The molecule has 1 aliphatic rings. The number of halogens is 1. The molecule has 0 radical (unpaired) electrons. The van der Waals surface area contributed by atoms with Crippen LogP contribution in [0.1, 0.15) is 40.5 Å². The predicted octanol–water partition coefficient (Wildman–Crippen LogP) is 0.948. The van der Waals surface area contributed by atoms with E-state index in [1.807, 2.05) is 6.92 Å². The summed E-state index contributed by atoms with van der Waals surface area (Å²) in [7, 11) is 0. The lowest BCUT2D eigenvalue weighted by molar-refractivity contribution is -0.121. The highest BCUT2D eigenvalue weighted by Gasteiger charge is 2.34. The van der Waals surface area contributed by atoms with E-state index in [0.717, 1.165) is 4.90 Å². The summed E-state index contributed by atoms with van der Waals surface area (Å²) >= 11 is 0. The topological polar surface area (TPSA) is 92.5 Å². The summed E-state index contributed by atoms with van der Waals surface area (Å²) in [5.74, 6) is -0.732. The van der Waals surface area contributed by atoms with Gasteiger partial charge in [0.2, 0.25) is 5.91 Å². The van der Waals surface area contributed by atoms with Gasteiger partial charge in [-0.2, -0.15) is 0 Å². The van der Waals surface area contributed by atoms with Crippen molar-refractivity contribution in [3.63, 3.8) is 0 Å². The van der Waals surface area contributed by atoms with Crippen LogP contribution in [0.15, 0.2) is 24.3 Å². The molecular weight excluding hydrogens is 306 g/mol. The Labute approximate surface area is 135 Å². The maximum Gasteiger partial charge on any atom is 0.261 e. The standard InChI is InChI=1S/C15H19N3O3.ClH/c1-10(16)6-7-13(19)17-8-9-18-14(20)11-4-2-3-5-12(11)15(18)21;/h2-5,10H,6-9,16H2,1H3,(H,17,19);1H. The molecule has 3 N–H and O–H groups in total. The first-order valence-corrected chi connectivity index (χ1v) is 6.98. The second-order valence-electron chi connectivity index (χ2n) is 5.17. The van der Waals surface area contributed by atoms with E-state index in [9.17, 15) is 14.4 Å². The van der Waals surface area contributed by atoms with Crippen LogP contribution in [0, 0.1) is 0 Å². The van der Waals surface area contributed by atoms with Gasteiger partial charge in [0.1, 0.15) is 0 Å². The van der Waals surface area contributed by atoms with Crippen molar-refractivity contribution in [1.29, 1.82) is 0 Å². The molecule has 0 bridgehead atoms. The summed E-state index contributed by atoms with van der Waals surface area (Å²) in [5.41, 5.74) is 6.42. The highest BCUT2D eigenvalue weighted by atomic mass is 35.5. The second-order valence-corrected chi connectivity index (χ2v) is 5.17. The zero-order chi connectivity index (χ0) is 15.4. The van der Waals surface area contributed by atoms with E-state index in [0.29, 0.717) is 24.0 Å². The maximum atomic E-state index is 12.1. The van der Waals surface area contributed by atoms with Gasteiger partial charge in [0, 0.05) is 25.6 Å². The molecule has 0 saturated carbocycles. The van der Waals surface area contributed by atoms with Gasteiger partial charge in [-0.15, -0.1) is 12.4 Å². The average Bonchev–Trinajstić information content (AvgIpc) is 2.70. The number of rotatable bonds is 6. The molecule has 22 heavy (non-hydrogen) atoms. The molecule has 2 rings (SSSR count). The first-order chi connectivity index (χ1) is 10.0. The van der Waals surface area contributed by atoms with Gasteiger partial charge in [-0.1, -0.05) is 12.1 Å². The van der Waals surface area contributed by atoms with Crippen LogP contribution >= 0.6 is 12.4 Å². The van der Waals surface area contributed by atoms with Crippen LogP contribution in [-0.2, 0) is 4.79 Å². The van der Waals surface area contributed by atoms with Crippen molar-refractivity contribution >= 4 is 30.1 Å². The number of benzene rings is 1. The number of amides is 3. The molecule has 0 aromatic heterocycles. The Morgan fingerprint density at radius 2 is 1.77 bits per heavy atom. The Morgan fingerprint density at radius 3 is 2.27 bits per heavy atom. The third-order valence-corrected chi connectivity index (χ3v) is 3.36. The number of fused-ring (bicyclic) bond motifs is 1. The van der Waals surface area contributed by atoms with E-state index in [4.69, 9.17) is 5.73 Å². The quantitative estimate of drug-likeness (QED) is 0.762. The first-order valence-electron chi connectivity index (χ1n) is 6.98. The SMILES string of the molecule is CC(N)CCC(=O)NCCN1C(=O)c2ccccc2C1=O.Cl. The number of imide groups is 1. The van der Waals surface area contributed by atoms with Crippen molar-refractivity contribution in [2.45, 2.75) is 25.8 Å². The van der Waals surface area contributed by atoms with Gasteiger partial charge < -0.3 is 11.1 Å². The Bertz CT molecular complexity index is 540. The smallest absolute Gasteiger partial charge is 0.261 e. The van der Waals surface area contributed by atoms with Crippen molar-refractivity contribution in [3.05, 3.63) is 35.4 Å². The molecule has 6 nitrogen and oxygen atoms in total. The van der Waals surface area contributed by atoms with Crippen molar-refractivity contribution in [2.75, 3.05) is 13.1 Å². The number of nitrogens with two attached hydrogens (primary N) is 1. The lowest BCUT2D eigenvalue weighted by Crippen LogP contribution is -2.38. The highest BCUT2D eigenvalue weighted by Crippen LogP contribution is 2.21. The van der Waals surface area contributed by atoms with E-state index >= 15 is 0 Å². The van der Waals surface area contributed by atoms with E-state index in [1.54, 1.807) is 24.3 Å². The minimum atomic E-state index is -0.305. The average molecular weight is 326 g/mol. The fraction of sp³-hybridized carbons (Fsp3) is 0.400. The molecule has 0 spiro atoms. The summed E-state index contributed by atoms with van der Waals surface area (Å²) in [4.78, 5) is 36.9. The predicted molar refractivity (Wildman–Crippen MR) is 85.0 cm³/mol. The molecule has 1 heterocycles. The zero-order valence-electron chi connectivity index (χ0n) is 12.4. The number of hydrogen-bond donors (Lipinski definition) is 2. The van der Waals surface area contributed by atoms with Gasteiger partial charge in [0.25, 0.3) is 11.8 Å². The van der Waals surface area contributed by atoms with Crippen LogP contribution in [0.2, 0.25) is 0 Å². The maximum absolute atomic E-state index is 12.1. The molecule has 0 fully saturated rings. The summed E-state index contributed by atoms with van der Waals surface area (Å²) in [6.07, 6.45) is 0.957. The molecular formula is C15H20ClN3O3. The second kappa shape index (κ2) is 7.91. The molecule has 1 atom stereocenters. The lowest BCUT2D eigenvalue weighted by atomic mass is 10.1. The van der Waals surface area contributed by atoms with E-state index < -0.39 is 0 Å². The number of hydrogen-bond acceptors (Lipinski definition) is 4. The van der Waals surface area contributed by atoms with Crippen molar-refractivity contribution < 1.29 is 14.4 Å². The van der Waals surface area contributed by atoms with Crippen LogP contribution in [-0.4, -0.2) is 41.8 Å². The summed E-state index contributed by atoms with van der Waals surface area (Å²) in [6, 6.07) is 6.70. The molecule has 0 aliphatic carbocycles. The third kappa shape index (κ3) is 4.05. The van der Waals surface area contributed by atoms with Gasteiger partial charge >= 0.3 is 0 Å². The molecule has 1 aromatic rings. The van der Waals surface area contributed by atoms with Gasteiger partial charge in [-0.05, 0) is 25.5 Å². The van der Waals surface area contributed by atoms with Crippen LogP contribution in [0.25, 0.3) is 0 Å². The van der Waals surface area contributed by atoms with E-state index in [1.165, 1.54) is 0 Å². The fourth-order valence-electron chi connectivity index (χ4n) is 2.20. The van der Waals surface area contributed by atoms with Crippen molar-refractivity contribution in [1.82, 2.24) is 10.2 Å². The molecule has 3 amide bonds. The molecule has 7 heteroatoms. The largest absolute Gasteiger partial charge is 0.354 e. The molecule has 0 saturated heterocycles. The minimum absolute atomic E-state index is 0. The monoisotopic (exact) mass is 325 g/mol. The Balaban J connectivity index is 0.00000242. The van der Waals surface area contributed by atoms with Crippen molar-refractivity contribution in [3.8, 4) is 0 Å². The van der Waals surface area contributed by atoms with Gasteiger partial charge in [-0.3, -0.25) is 19.3 Å². The summed E-state index contributed by atoms with van der Waals surface area (Å²) in [6.45, 7) is 2.27. The lowest BCUT2D eigenvalue weighted by Gasteiger charge is -2.14.